The highest BCUT2D eigenvalue weighted by Gasteiger charge is 2.50. The van der Waals surface area contributed by atoms with Crippen molar-refractivity contribution in [3.05, 3.63) is 122 Å². The van der Waals surface area contributed by atoms with Crippen molar-refractivity contribution in [2.24, 2.45) is 0 Å². The lowest BCUT2D eigenvalue weighted by Crippen LogP contribution is -2.56. The molecule has 2 heterocycles. The lowest BCUT2D eigenvalue weighted by molar-refractivity contribution is -0.118. The largest absolute Gasteiger partial charge is 0.486 e. The van der Waals surface area contributed by atoms with Gasteiger partial charge in [-0.2, -0.15) is 0 Å². The molecule has 3 N–H and O–H groups in total. The van der Waals surface area contributed by atoms with Crippen LogP contribution < -0.4 is 15.7 Å². The Bertz CT molecular complexity index is 1820. The van der Waals surface area contributed by atoms with Crippen LogP contribution in [0.4, 0.5) is 0 Å². The first-order valence-corrected chi connectivity index (χ1v) is 14.3. The van der Waals surface area contributed by atoms with Gasteiger partial charge >= 0.3 is 5.63 Å². The molecule has 6 rings (SSSR count). The zero-order valence-electron chi connectivity index (χ0n) is 22.6. The van der Waals surface area contributed by atoms with E-state index in [0.717, 1.165) is 0 Å². The number of para-hydroxylation sites is 2. The molecular weight excluding hydrogens is 595 g/mol. The second kappa shape index (κ2) is 11.9. The predicted molar refractivity (Wildman–Crippen MR) is 160 cm³/mol. The second-order valence-corrected chi connectivity index (χ2v) is 11.2. The highest BCUT2D eigenvalue weighted by atomic mass is 35.5. The molecule has 0 saturated heterocycles. The Morgan fingerprint density at radius 1 is 1.00 bits per heavy atom. The molecule has 0 radical (unpaired) electrons. The number of ether oxygens (including phenoxy) is 1. The molecule has 9 nitrogen and oxygen atoms in total. The fourth-order valence-corrected chi connectivity index (χ4v) is 6.17. The van der Waals surface area contributed by atoms with E-state index in [-0.39, 0.29) is 35.9 Å². The van der Waals surface area contributed by atoms with Gasteiger partial charge in [0.15, 0.2) is 0 Å². The quantitative estimate of drug-likeness (QED) is 0.266. The summed E-state index contributed by atoms with van der Waals surface area (Å²) in [5.41, 5.74) is 0.668. The normalized spacial score (nSPS) is 20.5. The summed E-state index contributed by atoms with van der Waals surface area (Å²) in [7, 11) is 0. The summed E-state index contributed by atoms with van der Waals surface area (Å²) in [6, 6.07) is 19.1. The van der Waals surface area contributed by atoms with Gasteiger partial charge in [-0.25, -0.2) is 4.79 Å². The Hall–Kier alpha value is -4.15. The number of rotatable bonds is 7. The molecule has 43 heavy (non-hydrogen) atoms. The molecule has 11 heteroatoms. The second-order valence-electron chi connectivity index (χ2n) is 10.3. The zero-order valence-corrected chi connectivity index (χ0v) is 24.1. The van der Waals surface area contributed by atoms with Crippen molar-refractivity contribution in [2.45, 2.75) is 30.7 Å². The molecule has 0 fully saturated rings. The lowest BCUT2D eigenvalue weighted by atomic mass is 9.77. The van der Waals surface area contributed by atoms with Crippen LogP contribution in [-0.2, 0) is 11.3 Å². The Morgan fingerprint density at radius 2 is 1.77 bits per heavy atom. The number of benzene rings is 3. The van der Waals surface area contributed by atoms with E-state index >= 15 is 0 Å². The number of carbonyl (C=O) groups is 2. The van der Waals surface area contributed by atoms with E-state index in [9.17, 15) is 24.6 Å². The van der Waals surface area contributed by atoms with Crippen molar-refractivity contribution in [1.29, 1.82) is 0 Å². The molecule has 4 atom stereocenters. The van der Waals surface area contributed by atoms with E-state index in [1.165, 1.54) is 23.1 Å². The van der Waals surface area contributed by atoms with Crippen LogP contribution in [-0.4, -0.2) is 58.3 Å². The van der Waals surface area contributed by atoms with E-state index in [4.69, 9.17) is 32.4 Å². The standard InChI is InChI=1S/C32H26Cl2N2O7/c33-19-10-9-18(23(34)14-19)16-36(31(40)22-13-17-5-1-3-7-25(17)43-32(22)41)24-15-21(30(39)35-11-12-37)27-20-6-2-4-8-26(20)42-29(27)28(24)38/h1-10,13-15,24,27-29,37-38H,11-12,16H2,(H,35,39)/t24-,27+,28+,29+/m1/s1. The van der Waals surface area contributed by atoms with Crippen molar-refractivity contribution in [3.63, 3.8) is 0 Å². The van der Waals surface area contributed by atoms with Gasteiger partial charge in [0.25, 0.3) is 5.91 Å². The number of fused-ring (bicyclic) bond motifs is 4. The van der Waals surface area contributed by atoms with Crippen molar-refractivity contribution < 1.29 is 29.0 Å². The molecule has 2 amide bonds. The molecular formula is C32H26Cl2N2O7. The van der Waals surface area contributed by atoms with Crippen molar-refractivity contribution in [2.75, 3.05) is 13.2 Å². The summed E-state index contributed by atoms with van der Waals surface area (Å²) in [5, 5.41) is 25.0. The molecule has 1 aliphatic heterocycles. The maximum atomic E-state index is 14.3. The molecule has 1 aliphatic carbocycles. The molecule has 3 aromatic carbocycles. The Kier molecular flexibility index (Phi) is 7.98. The summed E-state index contributed by atoms with van der Waals surface area (Å²) in [4.78, 5) is 42.1. The summed E-state index contributed by atoms with van der Waals surface area (Å²) in [5.74, 6) is -1.35. The number of aliphatic hydroxyl groups is 2. The van der Waals surface area contributed by atoms with Crippen molar-refractivity contribution in [1.82, 2.24) is 10.2 Å². The minimum Gasteiger partial charge on any atom is -0.486 e. The highest BCUT2D eigenvalue weighted by molar-refractivity contribution is 6.35. The number of amides is 2. The number of nitrogens with one attached hydrogen (secondary N) is 1. The number of aliphatic hydroxyl groups excluding tert-OH is 2. The zero-order chi connectivity index (χ0) is 30.2. The third-order valence-electron chi connectivity index (χ3n) is 7.73. The van der Waals surface area contributed by atoms with Gasteiger partial charge in [0.2, 0.25) is 5.91 Å². The highest BCUT2D eigenvalue weighted by Crippen LogP contribution is 2.47. The number of halogens is 2. The average Bonchev–Trinajstić information content (AvgIpc) is 3.40. The first kappa shape index (κ1) is 28.9. The van der Waals surface area contributed by atoms with Gasteiger partial charge in [0.05, 0.1) is 18.6 Å². The van der Waals surface area contributed by atoms with Crippen LogP contribution in [0.5, 0.6) is 5.75 Å². The van der Waals surface area contributed by atoms with E-state index in [1.807, 2.05) is 12.1 Å². The first-order valence-electron chi connectivity index (χ1n) is 13.6. The number of nitrogens with zero attached hydrogens (tertiary/aromatic N) is 1. The van der Waals surface area contributed by atoms with Crippen molar-refractivity contribution >= 4 is 46.0 Å². The lowest BCUT2D eigenvalue weighted by Gasteiger charge is -2.40. The van der Waals surface area contributed by atoms with Gasteiger partial charge in [-0.1, -0.05) is 65.7 Å². The number of hydrogen-bond donors (Lipinski definition) is 3. The van der Waals surface area contributed by atoms with Crippen LogP contribution in [0.15, 0.2) is 93.7 Å². The molecule has 4 aromatic rings. The molecule has 1 aromatic heterocycles. The van der Waals surface area contributed by atoms with Gasteiger partial charge in [-0.3, -0.25) is 9.59 Å². The minimum atomic E-state index is -1.31. The van der Waals surface area contributed by atoms with E-state index in [2.05, 4.69) is 5.32 Å². The fraction of sp³-hybridized carbons (Fsp3) is 0.219. The SMILES string of the molecule is O=C(NCCO)C1=C[C@@H](N(Cc2ccc(Cl)cc2Cl)C(=O)c2cc3ccccc3oc2=O)[C@H](O)[C@H]2Oc3ccccc3[C@@H]12. The summed E-state index contributed by atoms with van der Waals surface area (Å²) in [6.07, 6.45) is -0.713. The molecule has 0 spiro atoms. The van der Waals surface area contributed by atoms with Gasteiger partial charge < -0.3 is 29.6 Å². The predicted octanol–water partition coefficient (Wildman–Crippen LogP) is 4.07. The van der Waals surface area contributed by atoms with Crippen LogP contribution in [0, 0.1) is 0 Å². The van der Waals surface area contributed by atoms with Crippen LogP contribution >= 0.6 is 23.2 Å². The van der Waals surface area contributed by atoms with Crippen molar-refractivity contribution in [3.8, 4) is 5.75 Å². The minimum absolute atomic E-state index is 0.00441. The van der Waals surface area contributed by atoms with Crippen LogP contribution in [0.3, 0.4) is 0 Å². The maximum Gasteiger partial charge on any atom is 0.349 e. The van der Waals surface area contributed by atoms with Gasteiger partial charge in [0.1, 0.15) is 29.1 Å². The molecule has 2 aliphatic rings. The van der Waals surface area contributed by atoms with Crippen LogP contribution in [0.2, 0.25) is 10.0 Å². The summed E-state index contributed by atoms with van der Waals surface area (Å²) >= 11 is 12.6. The van der Waals surface area contributed by atoms with Gasteiger partial charge in [-0.05, 0) is 42.0 Å². The molecule has 0 saturated carbocycles. The molecule has 0 bridgehead atoms. The summed E-state index contributed by atoms with van der Waals surface area (Å²) in [6.45, 7) is -0.413. The average molecular weight is 621 g/mol. The monoisotopic (exact) mass is 620 g/mol. The summed E-state index contributed by atoms with van der Waals surface area (Å²) < 4.78 is 11.6. The molecule has 220 valence electrons. The third kappa shape index (κ3) is 5.41. The Labute approximate surface area is 255 Å². The number of carbonyl (C=O) groups excluding carboxylic acids is 2. The smallest absolute Gasteiger partial charge is 0.349 e. The fourth-order valence-electron chi connectivity index (χ4n) is 5.70. The Morgan fingerprint density at radius 3 is 2.56 bits per heavy atom. The van der Waals surface area contributed by atoms with Crippen LogP contribution in [0.1, 0.15) is 27.4 Å². The van der Waals surface area contributed by atoms with Gasteiger partial charge in [-0.15, -0.1) is 0 Å². The topological polar surface area (TPSA) is 129 Å². The maximum absolute atomic E-state index is 14.3. The van der Waals surface area contributed by atoms with E-state index < -0.39 is 41.6 Å². The molecule has 0 unspecified atom stereocenters. The third-order valence-corrected chi connectivity index (χ3v) is 8.31. The van der Waals surface area contributed by atoms with E-state index in [1.54, 1.807) is 48.5 Å². The van der Waals surface area contributed by atoms with E-state index in [0.29, 0.717) is 32.9 Å². The number of hydrogen-bond acceptors (Lipinski definition) is 7. The Balaban J connectivity index is 1.49. The van der Waals surface area contributed by atoms with Crippen LogP contribution in [0.25, 0.3) is 11.0 Å². The van der Waals surface area contributed by atoms with Gasteiger partial charge in [0, 0.05) is 39.7 Å². The first-order chi connectivity index (χ1) is 20.8.